The van der Waals surface area contributed by atoms with Crippen molar-refractivity contribution in [2.75, 3.05) is 6.54 Å². The van der Waals surface area contributed by atoms with Gasteiger partial charge in [-0.05, 0) is 12.8 Å². The molecule has 2 fully saturated rings. The van der Waals surface area contributed by atoms with Crippen LogP contribution in [0.4, 0.5) is 0 Å². The Morgan fingerprint density at radius 1 is 1.50 bits per heavy atom. The second-order valence-electron chi connectivity index (χ2n) is 4.13. The maximum atomic E-state index is 11.7. The smallest absolute Gasteiger partial charge is 0.223 e. The summed E-state index contributed by atoms with van der Waals surface area (Å²) in [5.74, 6) is 0.425. The van der Waals surface area contributed by atoms with Gasteiger partial charge in [-0.3, -0.25) is 9.59 Å². The zero-order chi connectivity index (χ0) is 10.1. The van der Waals surface area contributed by atoms with Gasteiger partial charge in [0, 0.05) is 31.3 Å². The number of piperidine rings is 1. The van der Waals surface area contributed by atoms with E-state index in [-0.39, 0.29) is 23.7 Å². The van der Waals surface area contributed by atoms with Gasteiger partial charge in [-0.1, -0.05) is 6.08 Å². The maximum Gasteiger partial charge on any atom is 0.223 e. The Kier molecular flexibility index (Phi) is 2.40. The molecule has 2 rings (SSSR count). The summed E-state index contributed by atoms with van der Waals surface area (Å²) in [5.41, 5.74) is 0. The van der Waals surface area contributed by atoms with Gasteiger partial charge in [0.15, 0.2) is 0 Å². The third-order valence-corrected chi connectivity index (χ3v) is 3.24. The normalized spacial score (nSPS) is 31.9. The molecule has 3 heteroatoms. The van der Waals surface area contributed by atoms with Crippen molar-refractivity contribution in [1.29, 1.82) is 0 Å². The number of ketones is 1. The first-order valence-corrected chi connectivity index (χ1v) is 5.15. The van der Waals surface area contributed by atoms with Crippen LogP contribution in [-0.2, 0) is 9.59 Å². The fourth-order valence-corrected chi connectivity index (χ4v) is 2.49. The lowest BCUT2D eigenvalue weighted by molar-refractivity contribution is -0.145. The summed E-state index contributed by atoms with van der Waals surface area (Å²) in [5, 5.41) is 0. The summed E-state index contributed by atoms with van der Waals surface area (Å²) in [6.07, 6.45) is 4.54. The second kappa shape index (κ2) is 3.56. The lowest BCUT2D eigenvalue weighted by Gasteiger charge is -2.41. The van der Waals surface area contributed by atoms with Crippen LogP contribution in [0.25, 0.3) is 0 Å². The Bertz CT molecular complexity index is 285. The van der Waals surface area contributed by atoms with Crippen molar-refractivity contribution in [2.24, 2.45) is 5.92 Å². The van der Waals surface area contributed by atoms with E-state index < -0.39 is 0 Å². The molecule has 0 radical (unpaired) electrons. The van der Waals surface area contributed by atoms with E-state index in [4.69, 9.17) is 0 Å². The van der Waals surface area contributed by atoms with Gasteiger partial charge < -0.3 is 4.90 Å². The van der Waals surface area contributed by atoms with E-state index in [1.165, 1.54) is 0 Å². The monoisotopic (exact) mass is 193 g/mol. The lowest BCUT2D eigenvalue weighted by atomic mass is 9.78. The highest BCUT2D eigenvalue weighted by Crippen LogP contribution is 2.32. The Hall–Kier alpha value is -1.12. The molecule has 1 aliphatic heterocycles. The molecule has 1 saturated heterocycles. The molecule has 14 heavy (non-hydrogen) atoms. The van der Waals surface area contributed by atoms with Crippen LogP contribution in [0.5, 0.6) is 0 Å². The predicted octanol–water partition coefficient (Wildman–Crippen LogP) is 1.14. The Morgan fingerprint density at radius 2 is 2.29 bits per heavy atom. The minimum atomic E-state index is 0.0160. The molecule has 2 aliphatic rings. The molecule has 2 bridgehead atoms. The summed E-state index contributed by atoms with van der Waals surface area (Å²) in [6.45, 7) is 4.28. The third-order valence-electron chi connectivity index (χ3n) is 3.24. The predicted molar refractivity (Wildman–Crippen MR) is 52.7 cm³/mol. The average Bonchev–Trinajstić information content (AvgIpc) is 2.17. The number of carbonyl (C=O) groups excluding carboxylic acids is 2. The first-order valence-electron chi connectivity index (χ1n) is 5.15. The van der Waals surface area contributed by atoms with Crippen molar-refractivity contribution in [2.45, 2.75) is 31.7 Å². The minimum Gasteiger partial charge on any atom is -0.336 e. The summed E-state index contributed by atoms with van der Waals surface area (Å²) in [4.78, 5) is 25.0. The van der Waals surface area contributed by atoms with E-state index in [2.05, 4.69) is 6.58 Å². The molecule has 0 N–H and O–H groups in total. The third kappa shape index (κ3) is 1.47. The van der Waals surface area contributed by atoms with Gasteiger partial charge in [0.05, 0.1) is 0 Å². The fourth-order valence-electron chi connectivity index (χ4n) is 2.49. The highest BCUT2D eigenvalue weighted by atomic mass is 16.2. The molecule has 76 valence electrons. The number of hydrogen-bond acceptors (Lipinski definition) is 2. The van der Waals surface area contributed by atoms with Crippen molar-refractivity contribution in [3.05, 3.63) is 12.7 Å². The molecule has 1 aliphatic carbocycles. The van der Waals surface area contributed by atoms with Crippen LogP contribution < -0.4 is 0 Å². The van der Waals surface area contributed by atoms with Crippen LogP contribution in [0.3, 0.4) is 0 Å². The fraction of sp³-hybridized carbons (Fsp3) is 0.636. The van der Waals surface area contributed by atoms with Crippen molar-refractivity contribution in [3.63, 3.8) is 0 Å². The largest absolute Gasteiger partial charge is 0.336 e. The average molecular weight is 193 g/mol. The molecule has 1 amide bonds. The van der Waals surface area contributed by atoms with Crippen LogP contribution in [0.15, 0.2) is 12.7 Å². The Morgan fingerprint density at radius 3 is 3.00 bits per heavy atom. The number of amides is 1. The molecular weight excluding hydrogens is 178 g/mol. The van der Waals surface area contributed by atoms with Gasteiger partial charge in [0.2, 0.25) is 5.91 Å². The lowest BCUT2D eigenvalue weighted by Crippen LogP contribution is -2.50. The van der Waals surface area contributed by atoms with E-state index in [9.17, 15) is 9.59 Å². The van der Waals surface area contributed by atoms with Crippen LogP contribution in [-0.4, -0.2) is 29.2 Å². The van der Waals surface area contributed by atoms with Crippen LogP contribution in [0.1, 0.15) is 25.7 Å². The quantitative estimate of drug-likeness (QED) is 0.617. The topological polar surface area (TPSA) is 37.4 Å². The molecule has 1 heterocycles. The summed E-state index contributed by atoms with van der Waals surface area (Å²) < 4.78 is 0. The Labute approximate surface area is 83.8 Å². The highest BCUT2D eigenvalue weighted by molar-refractivity contribution is 5.89. The van der Waals surface area contributed by atoms with Crippen LogP contribution in [0, 0.1) is 5.92 Å². The highest BCUT2D eigenvalue weighted by Gasteiger charge is 2.39. The number of rotatable bonds is 2. The van der Waals surface area contributed by atoms with Gasteiger partial charge >= 0.3 is 0 Å². The van der Waals surface area contributed by atoms with Gasteiger partial charge in [0.25, 0.3) is 0 Å². The van der Waals surface area contributed by atoms with Crippen molar-refractivity contribution >= 4 is 11.7 Å². The van der Waals surface area contributed by atoms with E-state index in [1.807, 2.05) is 4.90 Å². The molecular formula is C11H15NO2. The van der Waals surface area contributed by atoms with Gasteiger partial charge in [-0.15, -0.1) is 6.58 Å². The first-order chi connectivity index (χ1) is 6.72. The molecule has 0 aromatic carbocycles. The van der Waals surface area contributed by atoms with Crippen molar-refractivity contribution in [3.8, 4) is 0 Å². The summed E-state index contributed by atoms with van der Waals surface area (Å²) in [6, 6.07) is 0.289. The molecule has 3 nitrogen and oxygen atoms in total. The van der Waals surface area contributed by atoms with Crippen molar-refractivity contribution in [1.82, 2.24) is 4.90 Å². The standard InChI is InChI=1S/C11H15NO2/c1-2-5-12-9-3-4-10(13)8(6-9)7-11(12)14/h2,8-9H,1,3-7H2. The number of likely N-dealkylation sites (tertiary alicyclic amines) is 1. The van der Waals surface area contributed by atoms with Crippen LogP contribution in [0.2, 0.25) is 0 Å². The molecule has 0 aromatic rings. The maximum absolute atomic E-state index is 11.7. The molecule has 2 unspecified atom stereocenters. The van der Waals surface area contributed by atoms with E-state index in [0.717, 1.165) is 12.8 Å². The second-order valence-corrected chi connectivity index (χ2v) is 4.13. The van der Waals surface area contributed by atoms with Gasteiger partial charge in [-0.25, -0.2) is 0 Å². The number of Topliss-reactive ketones (excluding diaryl/α,β-unsaturated/α-hetero) is 1. The number of fused-ring (bicyclic) bond motifs is 2. The summed E-state index contributed by atoms with van der Waals surface area (Å²) >= 11 is 0. The van der Waals surface area contributed by atoms with E-state index in [0.29, 0.717) is 19.4 Å². The number of carbonyl (C=O) groups is 2. The number of nitrogens with zero attached hydrogens (tertiary/aromatic N) is 1. The van der Waals surface area contributed by atoms with Gasteiger partial charge in [-0.2, -0.15) is 0 Å². The van der Waals surface area contributed by atoms with Crippen molar-refractivity contribution < 1.29 is 9.59 Å². The SMILES string of the molecule is C=CCN1C(=O)CC2CC1CCC2=O. The first kappa shape index (κ1) is 9.44. The molecule has 0 spiro atoms. The summed E-state index contributed by atoms with van der Waals surface area (Å²) in [7, 11) is 0. The molecule has 0 aromatic heterocycles. The number of hydrogen-bond donors (Lipinski definition) is 0. The Balaban J connectivity index is 2.13. The molecule has 2 atom stereocenters. The molecule has 1 saturated carbocycles. The van der Waals surface area contributed by atoms with E-state index in [1.54, 1.807) is 6.08 Å². The zero-order valence-electron chi connectivity index (χ0n) is 8.24. The zero-order valence-corrected chi connectivity index (χ0v) is 8.24. The van der Waals surface area contributed by atoms with Crippen LogP contribution >= 0.6 is 0 Å². The minimum absolute atomic E-state index is 0.0160. The van der Waals surface area contributed by atoms with Gasteiger partial charge in [0.1, 0.15) is 5.78 Å². The van der Waals surface area contributed by atoms with E-state index >= 15 is 0 Å².